The molecule has 2 aromatic carbocycles. The summed E-state index contributed by atoms with van der Waals surface area (Å²) < 4.78 is 17.3. The van der Waals surface area contributed by atoms with Crippen molar-refractivity contribution in [3.8, 4) is 17.2 Å². The van der Waals surface area contributed by atoms with Crippen LogP contribution in [0.4, 0.5) is 5.13 Å². The molecule has 174 valence electrons. The third-order valence-electron chi connectivity index (χ3n) is 6.73. The summed E-state index contributed by atoms with van der Waals surface area (Å²) in [5, 5.41) is 1.03. The molecular weight excluding hydrogens is 438 g/mol. The number of aromatic nitrogens is 1. The van der Waals surface area contributed by atoms with Crippen LogP contribution in [0.15, 0.2) is 30.3 Å². The molecule has 0 spiro atoms. The Hall–Kier alpha value is -3.00. The van der Waals surface area contributed by atoms with E-state index >= 15 is 0 Å². The summed E-state index contributed by atoms with van der Waals surface area (Å²) in [7, 11) is 4.98. The fraction of sp³-hybridized carbons (Fsp3) is 0.440. The third-order valence-corrected chi connectivity index (χ3v) is 7.81. The Morgan fingerprint density at radius 1 is 0.970 bits per heavy atom. The predicted octanol–water partition coefficient (Wildman–Crippen LogP) is 4.12. The quantitative estimate of drug-likeness (QED) is 0.562. The molecule has 0 unspecified atom stereocenters. The van der Waals surface area contributed by atoms with Gasteiger partial charge in [-0.05, 0) is 60.7 Å². The van der Waals surface area contributed by atoms with Gasteiger partial charge in [-0.1, -0.05) is 11.3 Å². The van der Waals surface area contributed by atoms with Crippen LogP contribution in [0.25, 0.3) is 10.2 Å². The zero-order valence-corrected chi connectivity index (χ0v) is 20.1. The van der Waals surface area contributed by atoms with E-state index in [2.05, 4.69) is 4.90 Å². The van der Waals surface area contributed by atoms with Crippen molar-refractivity contribution in [2.24, 2.45) is 5.92 Å². The topological polar surface area (TPSA) is 64.1 Å². The Morgan fingerprint density at radius 3 is 2.39 bits per heavy atom. The lowest BCUT2D eigenvalue weighted by Crippen LogP contribution is -2.44. The van der Waals surface area contributed by atoms with Crippen molar-refractivity contribution < 1.29 is 19.0 Å². The number of hydrogen-bond acceptors (Lipinski definition) is 7. The van der Waals surface area contributed by atoms with Gasteiger partial charge >= 0.3 is 0 Å². The lowest BCUT2D eigenvalue weighted by molar-refractivity contribution is -0.137. The normalized spacial score (nSPS) is 16.6. The Labute approximate surface area is 197 Å². The van der Waals surface area contributed by atoms with E-state index in [0.29, 0.717) is 12.3 Å². The van der Waals surface area contributed by atoms with E-state index in [4.69, 9.17) is 19.2 Å². The number of fused-ring (bicyclic) bond motifs is 2. The van der Waals surface area contributed by atoms with Gasteiger partial charge in [-0.2, -0.15) is 0 Å². The molecule has 33 heavy (non-hydrogen) atoms. The predicted molar refractivity (Wildman–Crippen MR) is 130 cm³/mol. The summed E-state index contributed by atoms with van der Waals surface area (Å²) in [4.78, 5) is 22.4. The standard InChI is InChI=1S/C25H29N3O4S/c1-30-19-4-5-20-23(14-19)33-25(26-20)27-9-6-16(7-10-27)24(29)28-11-8-17-12-21(31-2)22(32-3)13-18(17)15-28/h4-5,12-14,16H,6-11,15H2,1-3H3. The van der Waals surface area contributed by atoms with E-state index in [-0.39, 0.29) is 11.8 Å². The highest BCUT2D eigenvalue weighted by molar-refractivity contribution is 7.22. The maximum Gasteiger partial charge on any atom is 0.226 e. The first-order chi connectivity index (χ1) is 16.1. The van der Waals surface area contributed by atoms with Gasteiger partial charge in [0, 0.05) is 32.1 Å². The van der Waals surface area contributed by atoms with Gasteiger partial charge in [-0.25, -0.2) is 4.98 Å². The van der Waals surface area contributed by atoms with Gasteiger partial charge in [0.25, 0.3) is 0 Å². The van der Waals surface area contributed by atoms with Crippen molar-refractivity contribution in [3.05, 3.63) is 41.5 Å². The van der Waals surface area contributed by atoms with Crippen molar-refractivity contribution in [3.63, 3.8) is 0 Å². The number of piperidine rings is 1. The van der Waals surface area contributed by atoms with Crippen LogP contribution in [0.5, 0.6) is 17.2 Å². The number of benzene rings is 2. The molecule has 8 heteroatoms. The number of anilines is 1. The van der Waals surface area contributed by atoms with Gasteiger partial charge in [0.1, 0.15) is 5.75 Å². The molecule has 3 heterocycles. The molecule has 0 atom stereocenters. The maximum absolute atomic E-state index is 13.3. The molecule has 2 aliphatic rings. The van der Waals surface area contributed by atoms with Crippen molar-refractivity contribution in [1.82, 2.24) is 9.88 Å². The van der Waals surface area contributed by atoms with Gasteiger partial charge in [0.15, 0.2) is 16.6 Å². The zero-order valence-electron chi connectivity index (χ0n) is 19.3. The summed E-state index contributed by atoms with van der Waals surface area (Å²) in [5.74, 6) is 2.65. The van der Waals surface area contributed by atoms with E-state index in [1.165, 1.54) is 5.56 Å². The highest BCUT2D eigenvalue weighted by Crippen LogP contribution is 2.36. The molecule has 1 aromatic heterocycles. The second kappa shape index (κ2) is 9.09. The number of hydrogen-bond donors (Lipinski definition) is 0. The molecule has 2 aliphatic heterocycles. The molecule has 3 aromatic rings. The molecule has 0 aliphatic carbocycles. The van der Waals surface area contributed by atoms with Crippen LogP contribution in [-0.2, 0) is 17.8 Å². The fourth-order valence-corrected chi connectivity index (χ4v) is 5.85. The van der Waals surface area contributed by atoms with Gasteiger partial charge < -0.3 is 24.0 Å². The molecular formula is C25H29N3O4S. The number of carbonyl (C=O) groups is 1. The number of methoxy groups -OCH3 is 3. The van der Waals surface area contributed by atoms with Crippen molar-refractivity contribution >= 4 is 32.6 Å². The number of carbonyl (C=O) groups excluding carboxylic acids is 1. The molecule has 0 radical (unpaired) electrons. The second-order valence-electron chi connectivity index (χ2n) is 8.58. The SMILES string of the molecule is COc1ccc2nc(N3CCC(C(=O)N4CCc5cc(OC)c(OC)cc5C4)CC3)sc2c1. The van der Waals surface area contributed by atoms with Crippen LogP contribution in [0.3, 0.4) is 0 Å². The first kappa shape index (κ1) is 21.8. The molecule has 1 saturated heterocycles. The van der Waals surface area contributed by atoms with E-state index in [0.717, 1.165) is 71.3 Å². The van der Waals surface area contributed by atoms with Crippen LogP contribution in [0.1, 0.15) is 24.0 Å². The second-order valence-corrected chi connectivity index (χ2v) is 9.59. The zero-order chi connectivity index (χ0) is 22.9. The fourth-order valence-electron chi connectivity index (χ4n) is 4.80. The molecule has 5 rings (SSSR count). The lowest BCUT2D eigenvalue weighted by atomic mass is 9.93. The third kappa shape index (κ3) is 4.19. The van der Waals surface area contributed by atoms with Crippen LogP contribution >= 0.6 is 11.3 Å². The molecule has 0 saturated carbocycles. The number of nitrogens with zero attached hydrogens (tertiary/aromatic N) is 3. The average molecular weight is 468 g/mol. The first-order valence-electron chi connectivity index (χ1n) is 11.3. The highest BCUT2D eigenvalue weighted by atomic mass is 32.1. The number of rotatable bonds is 5. The van der Waals surface area contributed by atoms with Crippen LogP contribution in [0.2, 0.25) is 0 Å². The van der Waals surface area contributed by atoms with Gasteiger partial charge in [0.05, 0.1) is 31.5 Å². The van der Waals surface area contributed by atoms with Crippen molar-refractivity contribution in [2.45, 2.75) is 25.8 Å². The highest BCUT2D eigenvalue weighted by Gasteiger charge is 2.31. The lowest BCUT2D eigenvalue weighted by Gasteiger charge is -2.36. The Bertz CT molecular complexity index is 1170. The van der Waals surface area contributed by atoms with Crippen molar-refractivity contribution in [1.29, 1.82) is 0 Å². The van der Waals surface area contributed by atoms with Crippen LogP contribution in [-0.4, -0.2) is 56.8 Å². The Morgan fingerprint density at radius 2 is 1.70 bits per heavy atom. The monoisotopic (exact) mass is 467 g/mol. The summed E-state index contributed by atoms with van der Waals surface area (Å²) >= 11 is 1.69. The van der Waals surface area contributed by atoms with Crippen LogP contribution < -0.4 is 19.1 Å². The molecule has 1 amide bonds. The Balaban J connectivity index is 1.23. The summed E-state index contributed by atoms with van der Waals surface area (Å²) in [6, 6.07) is 10.0. The molecule has 0 bridgehead atoms. The van der Waals surface area contributed by atoms with E-state index in [1.807, 2.05) is 35.2 Å². The number of ether oxygens (including phenoxy) is 3. The van der Waals surface area contributed by atoms with Crippen molar-refractivity contribution in [2.75, 3.05) is 45.9 Å². The number of amides is 1. The van der Waals surface area contributed by atoms with Gasteiger partial charge in [0.2, 0.25) is 5.91 Å². The minimum atomic E-state index is 0.0671. The minimum Gasteiger partial charge on any atom is -0.497 e. The van der Waals surface area contributed by atoms with E-state index in [9.17, 15) is 4.79 Å². The maximum atomic E-state index is 13.3. The molecule has 7 nitrogen and oxygen atoms in total. The molecule has 1 fully saturated rings. The van der Waals surface area contributed by atoms with E-state index < -0.39 is 0 Å². The smallest absolute Gasteiger partial charge is 0.226 e. The van der Waals surface area contributed by atoms with E-state index in [1.54, 1.807) is 32.7 Å². The van der Waals surface area contributed by atoms with Gasteiger partial charge in [-0.3, -0.25) is 4.79 Å². The van der Waals surface area contributed by atoms with Crippen LogP contribution in [0, 0.1) is 5.92 Å². The van der Waals surface area contributed by atoms with Gasteiger partial charge in [-0.15, -0.1) is 0 Å². The minimum absolute atomic E-state index is 0.0671. The summed E-state index contributed by atoms with van der Waals surface area (Å²) in [6.07, 6.45) is 2.55. The number of thiazole rings is 1. The molecule has 0 N–H and O–H groups in total. The Kier molecular flexibility index (Phi) is 6.01. The first-order valence-corrected chi connectivity index (χ1v) is 12.1. The average Bonchev–Trinajstić information content (AvgIpc) is 3.30. The summed E-state index contributed by atoms with van der Waals surface area (Å²) in [5.41, 5.74) is 3.38. The summed E-state index contributed by atoms with van der Waals surface area (Å²) in [6.45, 7) is 3.08. The largest absolute Gasteiger partial charge is 0.497 e.